The van der Waals surface area contributed by atoms with Gasteiger partial charge >= 0.3 is 5.69 Å². The third-order valence-corrected chi connectivity index (χ3v) is 2.13. The van der Waals surface area contributed by atoms with Crippen molar-refractivity contribution in [2.24, 2.45) is 0 Å². The summed E-state index contributed by atoms with van der Waals surface area (Å²) in [6.07, 6.45) is 1.52. The number of nitrogens with one attached hydrogen (secondary N) is 1. The minimum Gasteiger partial charge on any atom is -0.394 e. The summed E-state index contributed by atoms with van der Waals surface area (Å²) in [5.74, 6) is 0.136. The number of methoxy groups -OCH3 is 1. The molecule has 1 aromatic rings. The number of hydrogen-bond donors (Lipinski definition) is 2. The van der Waals surface area contributed by atoms with E-state index < -0.39 is 11.0 Å². The van der Waals surface area contributed by atoms with Gasteiger partial charge in [-0.05, 0) is 12.5 Å². The first-order chi connectivity index (χ1) is 8.08. The number of pyridine rings is 1. The predicted octanol–water partition coefficient (Wildman–Crippen LogP) is 0.717. The molecule has 0 aliphatic heterocycles. The van der Waals surface area contributed by atoms with Crippen molar-refractivity contribution in [1.29, 1.82) is 0 Å². The van der Waals surface area contributed by atoms with Crippen LogP contribution >= 0.6 is 0 Å². The van der Waals surface area contributed by atoms with Crippen LogP contribution in [0.5, 0.6) is 0 Å². The smallest absolute Gasteiger partial charge is 0.311 e. The summed E-state index contributed by atoms with van der Waals surface area (Å²) in [6.45, 7) is 1.77. The summed E-state index contributed by atoms with van der Waals surface area (Å²) in [6, 6.07) is 1.00. The van der Waals surface area contributed by atoms with Gasteiger partial charge in [0.25, 0.3) is 0 Å². The zero-order valence-electron chi connectivity index (χ0n) is 9.71. The largest absolute Gasteiger partial charge is 0.394 e. The van der Waals surface area contributed by atoms with E-state index in [1.165, 1.54) is 19.4 Å². The fourth-order valence-electron chi connectivity index (χ4n) is 1.34. The zero-order valence-corrected chi connectivity index (χ0v) is 9.71. The topological polar surface area (TPSA) is 97.5 Å². The summed E-state index contributed by atoms with van der Waals surface area (Å²) < 4.78 is 4.87. The molecule has 1 aromatic heterocycles. The Kier molecular flexibility index (Phi) is 4.80. The van der Waals surface area contributed by atoms with Crippen molar-refractivity contribution in [3.63, 3.8) is 0 Å². The SMILES string of the molecule is COCC(CO)Nc1ncc(C)cc1[N+](=O)[O-]. The Hall–Kier alpha value is -1.73. The van der Waals surface area contributed by atoms with Crippen molar-refractivity contribution >= 4 is 11.5 Å². The molecule has 1 rings (SSSR count). The van der Waals surface area contributed by atoms with Crippen molar-refractivity contribution in [3.05, 3.63) is 27.9 Å². The van der Waals surface area contributed by atoms with Crippen LogP contribution in [0.3, 0.4) is 0 Å². The van der Waals surface area contributed by atoms with Crippen LogP contribution in [0.25, 0.3) is 0 Å². The molecular weight excluding hydrogens is 226 g/mol. The molecule has 0 saturated carbocycles. The van der Waals surface area contributed by atoms with Gasteiger partial charge in [-0.25, -0.2) is 4.98 Å². The number of anilines is 1. The van der Waals surface area contributed by atoms with Crippen molar-refractivity contribution < 1.29 is 14.8 Å². The number of ether oxygens (including phenoxy) is 1. The van der Waals surface area contributed by atoms with Gasteiger partial charge in [-0.2, -0.15) is 0 Å². The van der Waals surface area contributed by atoms with Gasteiger partial charge in [-0.15, -0.1) is 0 Å². The maximum absolute atomic E-state index is 10.8. The number of aromatic nitrogens is 1. The van der Waals surface area contributed by atoms with Gasteiger partial charge < -0.3 is 15.2 Å². The van der Waals surface area contributed by atoms with Gasteiger partial charge in [-0.1, -0.05) is 0 Å². The Morgan fingerprint density at radius 2 is 2.41 bits per heavy atom. The number of aliphatic hydroxyl groups excluding tert-OH is 1. The molecular formula is C10H15N3O4. The molecule has 0 saturated heterocycles. The lowest BCUT2D eigenvalue weighted by molar-refractivity contribution is -0.384. The molecule has 0 amide bonds. The van der Waals surface area contributed by atoms with E-state index in [2.05, 4.69) is 10.3 Å². The number of nitrogens with zero attached hydrogens (tertiary/aromatic N) is 2. The summed E-state index contributed by atoms with van der Waals surface area (Å²) >= 11 is 0. The Bertz CT molecular complexity index is 397. The quantitative estimate of drug-likeness (QED) is 0.562. The maximum atomic E-state index is 10.8. The van der Waals surface area contributed by atoms with Crippen molar-refractivity contribution in [2.75, 3.05) is 25.6 Å². The molecule has 0 aromatic carbocycles. The molecule has 0 aliphatic rings. The highest BCUT2D eigenvalue weighted by Crippen LogP contribution is 2.22. The van der Waals surface area contributed by atoms with Gasteiger partial charge in [0.05, 0.1) is 24.2 Å². The van der Waals surface area contributed by atoms with Gasteiger partial charge in [0.1, 0.15) is 0 Å². The minimum atomic E-state index is -0.510. The number of aliphatic hydroxyl groups is 1. The molecule has 0 radical (unpaired) electrons. The second-order valence-corrected chi connectivity index (χ2v) is 3.62. The number of nitro groups is 1. The predicted molar refractivity (Wildman–Crippen MR) is 62.0 cm³/mol. The number of rotatable bonds is 6. The average molecular weight is 241 g/mol. The van der Waals surface area contributed by atoms with E-state index in [1.54, 1.807) is 6.92 Å². The molecule has 0 bridgehead atoms. The molecule has 1 atom stereocenters. The average Bonchev–Trinajstić information content (AvgIpc) is 2.30. The van der Waals surface area contributed by atoms with Gasteiger partial charge in [0.2, 0.25) is 5.82 Å². The molecule has 17 heavy (non-hydrogen) atoms. The van der Waals surface area contributed by atoms with E-state index >= 15 is 0 Å². The summed E-state index contributed by atoms with van der Waals surface area (Å²) in [5.41, 5.74) is 0.592. The van der Waals surface area contributed by atoms with Crippen LogP contribution in [-0.4, -0.2) is 41.4 Å². The van der Waals surface area contributed by atoms with Crippen LogP contribution in [0.1, 0.15) is 5.56 Å². The number of aryl methyl sites for hydroxylation is 1. The highest BCUT2D eigenvalue weighted by molar-refractivity contribution is 5.57. The van der Waals surface area contributed by atoms with Crippen LogP contribution in [0.2, 0.25) is 0 Å². The van der Waals surface area contributed by atoms with E-state index in [4.69, 9.17) is 9.84 Å². The highest BCUT2D eigenvalue weighted by atomic mass is 16.6. The summed E-state index contributed by atoms with van der Waals surface area (Å²) in [5, 5.41) is 22.7. The molecule has 7 heteroatoms. The van der Waals surface area contributed by atoms with Crippen LogP contribution in [0.4, 0.5) is 11.5 Å². The van der Waals surface area contributed by atoms with Crippen LogP contribution in [0, 0.1) is 17.0 Å². The van der Waals surface area contributed by atoms with Crippen LogP contribution in [0.15, 0.2) is 12.3 Å². The van der Waals surface area contributed by atoms with Gasteiger partial charge in [0.15, 0.2) is 0 Å². The van der Waals surface area contributed by atoms with Crippen molar-refractivity contribution in [1.82, 2.24) is 4.98 Å². The second kappa shape index (κ2) is 6.12. The standard InChI is InChI=1S/C10H15N3O4/c1-7-3-9(13(15)16)10(11-4-7)12-8(5-14)6-17-2/h3-4,8,14H,5-6H2,1-2H3,(H,11,12). The minimum absolute atomic E-state index is 0.112. The zero-order chi connectivity index (χ0) is 12.8. The van der Waals surface area contributed by atoms with Crippen LogP contribution < -0.4 is 5.32 Å². The Balaban J connectivity index is 2.92. The summed E-state index contributed by atoms with van der Waals surface area (Å²) in [7, 11) is 1.49. The fraction of sp³-hybridized carbons (Fsp3) is 0.500. The van der Waals surface area contributed by atoms with Crippen molar-refractivity contribution in [2.45, 2.75) is 13.0 Å². The third kappa shape index (κ3) is 3.65. The van der Waals surface area contributed by atoms with E-state index in [1.807, 2.05) is 0 Å². The van der Waals surface area contributed by atoms with E-state index in [9.17, 15) is 10.1 Å². The molecule has 0 spiro atoms. The number of hydrogen-bond acceptors (Lipinski definition) is 6. The Morgan fingerprint density at radius 3 is 2.94 bits per heavy atom. The lowest BCUT2D eigenvalue weighted by atomic mass is 10.2. The molecule has 0 fully saturated rings. The molecule has 7 nitrogen and oxygen atoms in total. The molecule has 1 heterocycles. The molecule has 0 aliphatic carbocycles. The molecule has 94 valence electrons. The van der Waals surface area contributed by atoms with E-state index in [-0.39, 0.29) is 24.7 Å². The lowest BCUT2D eigenvalue weighted by Crippen LogP contribution is -2.29. The third-order valence-electron chi connectivity index (χ3n) is 2.13. The van der Waals surface area contributed by atoms with Gasteiger partial charge in [-0.3, -0.25) is 10.1 Å². The van der Waals surface area contributed by atoms with E-state index in [0.29, 0.717) is 5.56 Å². The maximum Gasteiger partial charge on any atom is 0.311 e. The van der Waals surface area contributed by atoms with Crippen LogP contribution in [-0.2, 0) is 4.74 Å². The van der Waals surface area contributed by atoms with E-state index in [0.717, 1.165) is 0 Å². The monoisotopic (exact) mass is 241 g/mol. The second-order valence-electron chi connectivity index (χ2n) is 3.62. The van der Waals surface area contributed by atoms with Gasteiger partial charge in [0, 0.05) is 19.4 Å². The normalized spacial score (nSPS) is 12.2. The first kappa shape index (κ1) is 13.3. The Labute approximate surface area is 98.6 Å². The first-order valence-electron chi connectivity index (χ1n) is 5.05. The van der Waals surface area contributed by atoms with Crippen molar-refractivity contribution in [3.8, 4) is 0 Å². The molecule has 2 N–H and O–H groups in total. The Morgan fingerprint density at radius 1 is 1.71 bits per heavy atom. The first-order valence-corrected chi connectivity index (χ1v) is 5.05. The highest BCUT2D eigenvalue weighted by Gasteiger charge is 2.18. The summed E-state index contributed by atoms with van der Waals surface area (Å²) in [4.78, 5) is 14.3. The molecule has 1 unspecified atom stereocenters. The fourth-order valence-corrected chi connectivity index (χ4v) is 1.34. The lowest BCUT2D eigenvalue weighted by Gasteiger charge is -2.15.